The lowest BCUT2D eigenvalue weighted by Crippen LogP contribution is -2.04. The minimum absolute atomic E-state index is 0.457. The van der Waals surface area contributed by atoms with Crippen LogP contribution in [0.5, 0.6) is 5.75 Å². The molecule has 0 saturated carbocycles. The van der Waals surface area contributed by atoms with Gasteiger partial charge in [0.15, 0.2) is 0 Å². The summed E-state index contributed by atoms with van der Waals surface area (Å²) in [5.41, 5.74) is 1.13. The lowest BCUT2D eigenvalue weighted by atomic mass is 10.0. The molecule has 0 aliphatic heterocycles. The Balaban J connectivity index is 2.58. The van der Waals surface area contributed by atoms with Crippen molar-refractivity contribution >= 4 is 55.1 Å². The molecular formula is C14H10Br2Cl2O2. The Morgan fingerprint density at radius 1 is 1.10 bits per heavy atom. The number of aliphatic hydroxyl groups is 1. The molecule has 0 heterocycles. The van der Waals surface area contributed by atoms with Crippen LogP contribution in [0.25, 0.3) is 0 Å². The summed E-state index contributed by atoms with van der Waals surface area (Å²) in [6, 6.07) is 8.74. The largest absolute Gasteiger partial charge is 0.495 e. The number of ether oxygens (including phenoxy) is 1. The molecule has 20 heavy (non-hydrogen) atoms. The van der Waals surface area contributed by atoms with Crippen molar-refractivity contribution in [2.75, 3.05) is 7.11 Å². The number of aliphatic hydroxyl groups excluding tert-OH is 1. The fourth-order valence-electron chi connectivity index (χ4n) is 1.90. The van der Waals surface area contributed by atoms with E-state index in [9.17, 15) is 5.11 Å². The van der Waals surface area contributed by atoms with Crippen LogP contribution in [0.1, 0.15) is 17.2 Å². The molecule has 0 spiro atoms. The Labute approximate surface area is 143 Å². The number of hydrogen-bond acceptors (Lipinski definition) is 2. The van der Waals surface area contributed by atoms with Gasteiger partial charge in [0.1, 0.15) is 11.9 Å². The third-order valence-corrected chi connectivity index (χ3v) is 4.93. The van der Waals surface area contributed by atoms with Gasteiger partial charge in [-0.2, -0.15) is 0 Å². The quantitative estimate of drug-likeness (QED) is 0.672. The average Bonchev–Trinajstić information content (AvgIpc) is 2.40. The van der Waals surface area contributed by atoms with Crippen molar-refractivity contribution in [1.29, 1.82) is 0 Å². The van der Waals surface area contributed by atoms with Crippen molar-refractivity contribution < 1.29 is 9.84 Å². The molecule has 2 aromatic rings. The predicted molar refractivity (Wildman–Crippen MR) is 88.9 cm³/mol. The van der Waals surface area contributed by atoms with E-state index in [0.717, 1.165) is 4.47 Å². The third kappa shape index (κ3) is 3.15. The van der Waals surface area contributed by atoms with Gasteiger partial charge < -0.3 is 9.84 Å². The third-order valence-electron chi connectivity index (χ3n) is 2.81. The second kappa shape index (κ2) is 6.67. The lowest BCUT2D eigenvalue weighted by Gasteiger charge is -2.18. The van der Waals surface area contributed by atoms with Gasteiger partial charge in [-0.25, -0.2) is 0 Å². The van der Waals surface area contributed by atoms with Crippen LogP contribution in [0.3, 0.4) is 0 Å². The smallest absolute Gasteiger partial charge is 0.139 e. The highest BCUT2D eigenvalue weighted by atomic mass is 79.9. The Kier molecular flexibility index (Phi) is 5.37. The molecule has 0 bridgehead atoms. The maximum Gasteiger partial charge on any atom is 0.139 e. The summed E-state index contributed by atoms with van der Waals surface area (Å²) in [6.07, 6.45) is -0.940. The summed E-state index contributed by atoms with van der Waals surface area (Å²) < 4.78 is 6.72. The van der Waals surface area contributed by atoms with E-state index < -0.39 is 6.10 Å². The molecule has 106 valence electrons. The van der Waals surface area contributed by atoms with E-state index in [0.29, 0.717) is 31.4 Å². The van der Waals surface area contributed by atoms with Gasteiger partial charge >= 0.3 is 0 Å². The van der Waals surface area contributed by atoms with E-state index in [-0.39, 0.29) is 0 Å². The highest BCUT2D eigenvalue weighted by Crippen LogP contribution is 2.41. The molecule has 2 nitrogen and oxygen atoms in total. The van der Waals surface area contributed by atoms with Crippen LogP contribution >= 0.6 is 55.1 Å². The number of rotatable bonds is 3. The molecule has 0 fully saturated rings. The van der Waals surface area contributed by atoms with E-state index in [4.69, 9.17) is 27.9 Å². The van der Waals surface area contributed by atoms with Gasteiger partial charge in [-0.15, -0.1) is 0 Å². The molecule has 0 radical (unpaired) electrons. The topological polar surface area (TPSA) is 29.5 Å². The van der Waals surface area contributed by atoms with E-state index in [1.165, 1.54) is 7.11 Å². The molecule has 6 heteroatoms. The van der Waals surface area contributed by atoms with Gasteiger partial charge in [-0.05, 0) is 50.1 Å². The van der Waals surface area contributed by atoms with E-state index >= 15 is 0 Å². The molecule has 2 aromatic carbocycles. The van der Waals surface area contributed by atoms with Gasteiger partial charge in [-0.1, -0.05) is 35.3 Å². The number of methoxy groups -OCH3 is 1. The Morgan fingerprint density at radius 2 is 1.80 bits per heavy atom. The van der Waals surface area contributed by atoms with Crippen LogP contribution in [-0.4, -0.2) is 12.2 Å². The van der Waals surface area contributed by atoms with E-state index in [2.05, 4.69) is 31.9 Å². The molecule has 0 saturated heterocycles. The van der Waals surface area contributed by atoms with E-state index in [1.54, 1.807) is 24.3 Å². The Bertz CT molecular complexity index is 647. The summed E-state index contributed by atoms with van der Waals surface area (Å²) in [5.74, 6) is 0.526. The monoisotopic (exact) mass is 438 g/mol. The first-order valence-corrected chi connectivity index (χ1v) is 7.94. The minimum Gasteiger partial charge on any atom is -0.495 e. The highest BCUT2D eigenvalue weighted by molar-refractivity contribution is 9.10. The first-order chi connectivity index (χ1) is 9.45. The molecule has 0 aliphatic carbocycles. The Morgan fingerprint density at radius 3 is 2.45 bits per heavy atom. The van der Waals surface area contributed by atoms with Crippen LogP contribution in [0, 0.1) is 0 Å². The van der Waals surface area contributed by atoms with Crippen LogP contribution in [0.2, 0.25) is 10.0 Å². The molecule has 1 unspecified atom stereocenters. The van der Waals surface area contributed by atoms with Crippen molar-refractivity contribution in [3.63, 3.8) is 0 Å². The lowest BCUT2D eigenvalue weighted by molar-refractivity contribution is 0.214. The molecule has 0 aromatic heterocycles. The summed E-state index contributed by atoms with van der Waals surface area (Å²) in [7, 11) is 1.53. The maximum atomic E-state index is 10.6. The second-order valence-electron chi connectivity index (χ2n) is 4.06. The zero-order valence-electron chi connectivity index (χ0n) is 10.3. The van der Waals surface area contributed by atoms with Crippen molar-refractivity contribution in [2.45, 2.75) is 6.10 Å². The second-order valence-corrected chi connectivity index (χ2v) is 6.58. The van der Waals surface area contributed by atoms with E-state index in [1.807, 2.05) is 6.07 Å². The highest BCUT2D eigenvalue weighted by Gasteiger charge is 2.21. The van der Waals surface area contributed by atoms with Crippen molar-refractivity contribution in [3.05, 3.63) is 60.4 Å². The van der Waals surface area contributed by atoms with Crippen LogP contribution in [-0.2, 0) is 0 Å². The van der Waals surface area contributed by atoms with Crippen LogP contribution in [0.4, 0.5) is 0 Å². The molecule has 0 amide bonds. The molecule has 1 atom stereocenters. The van der Waals surface area contributed by atoms with Crippen molar-refractivity contribution in [3.8, 4) is 5.75 Å². The molecular weight excluding hydrogens is 431 g/mol. The summed E-state index contributed by atoms with van der Waals surface area (Å²) >= 11 is 19.0. The maximum absolute atomic E-state index is 10.6. The number of hydrogen-bond donors (Lipinski definition) is 1. The van der Waals surface area contributed by atoms with Gasteiger partial charge in [0.2, 0.25) is 0 Å². The van der Waals surface area contributed by atoms with Crippen molar-refractivity contribution in [2.24, 2.45) is 0 Å². The fraction of sp³-hybridized carbons (Fsp3) is 0.143. The van der Waals surface area contributed by atoms with Crippen LogP contribution < -0.4 is 4.74 Å². The molecule has 2 rings (SSSR count). The Hall–Kier alpha value is -0.260. The minimum atomic E-state index is -0.940. The summed E-state index contributed by atoms with van der Waals surface area (Å²) in [5, 5.41) is 11.5. The number of halogens is 4. The molecule has 0 aliphatic rings. The first-order valence-electron chi connectivity index (χ1n) is 5.60. The van der Waals surface area contributed by atoms with Gasteiger partial charge in [0.05, 0.1) is 16.6 Å². The van der Waals surface area contributed by atoms with Gasteiger partial charge in [-0.3, -0.25) is 0 Å². The zero-order chi connectivity index (χ0) is 14.9. The van der Waals surface area contributed by atoms with Crippen LogP contribution in [0.15, 0.2) is 39.3 Å². The normalized spacial score (nSPS) is 12.3. The standard InChI is InChI=1S/C14H10Br2Cl2O2/c1-20-14-9(5-7(17)6-11(14)16)13(19)8-3-2-4-10(15)12(8)18/h2-6,13,19H,1H3. The van der Waals surface area contributed by atoms with Gasteiger partial charge in [0.25, 0.3) is 0 Å². The number of benzene rings is 2. The fourth-order valence-corrected chi connectivity index (χ4v) is 3.50. The molecule has 1 N–H and O–H groups in total. The summed E-state index contributed by atoms with van der Waals surface area (Å²) in [6.45, 7) is 0. The van der Waals surface area contributed by atoms with Crippen molar-refractivity contribution in [1.82, 2.24) is 0 Å². The summed E-state index contributed by atoms with van der Waals surface area (Å²) in [4.78, 5) is 0. The average molecular weight is 441 g/mol. The van der Waals surface area contributed by atoms with Gasteiger partial charge in [0, 0.05) is 20.6 Å². The zero-order valence-corrected chi connectivity index (χ0v) is 15.0. The predicted octanol–water partition coefficient (Wildman–Crippen LogP) is 5.61. The first kappa shape index (κ1) is 16.1. The SMILES string of the molecule is COc1c(Br)cc(Cl)cc1C(O)c1cccc(Br)c1Cl.